The summed E-state index contributed by atoms with van der Waals surface area (Å²) in [5.74, 6) is -0.370. The Morgan fingerprint density at radius 2 is 2.03 bits per heavy atom. The lowest BCUT2D eigenvalue weighted by molar-refractivity contribution is -0.384. The van der Waals surface area contributed by atoms with Crippen molar-refractivity contribution in [3.63, 3.8) is 0 Å². The highest BCUT2D eigenvalue weighted by molar-refractivity contribution is 7.89. The fourth-order valence-corrected chi connectivity index (χ4v) is 3.73. The Balaban J connectivity index is 1.90. The topological polar surface area (TPSA) is 147 Å². The van der Waals surface area contributed by atoms with E-state index in [2.05, 4.69) is 4.98 Å². The average Bonchev–Trinajstić information content (AvgIpc) is 3.06. The largest absolute Gasteiger partial charge is 0.454 e. The number of unbranched alkanes of at least 4 members (excludes halogenated alkanes) is 1. The minimum absolute atomic E-state index is 0.0242. The number of esters is 1. The van der Waals surface area contributed by atoms with Crippen molar-refractivity contribution in [2.45, 2.75) is 37.8 Å². The third-order valence-electron chi connectivity index (χ3n) is 4.57. The Hall–Kier alpha value is -3.02. The molecule has 12 heteroatoms. The van der Waals surface area contributed by atoms with Crippen LogP contribution in [0.2, 0.25) is 5.02 Å². The molecule has 0 amide bonds. The van der Waals surface area contributed by atoms with E-state index in [4.69, 9.17) is 21.5 Å². The van der Waals surface area contributed by atoms with Gasteiger partial charge in [0.2, 0.25) is 10.0 Å². The standard InChI is InChI=1S/C19H19ClN4O6S/c1-2-3-8-23-16-7-5-13(31(21,28)29)10-15(16)22-18(23)11-30-19(25)12-4-6-14(20)17(9-12)24(26)27/h4-7,9-10H,2-3,8,11H2,1H3,(H2,21,28,29). The monoisotopic (exact) mass is 466 g/mol. The van der Waals surface area contributed by atoms with Crippen LogP contribution < -0.4 is 5.14 Å². The summed E-state index contributed by atoms with van der Waals surface area (Å²) < 4.78 is 30.4. The van der Waals surface area contributed by atoms with Crippen LogP contribution in [0, 0.1) is 10.1 Å². The summed E-state index contributed by atoms with van der Waals surface area (Å²) in [5.41, 5.74) is 0.649. The van der Waals surface area contributed by atoms with Crippen LogP contribution in [0.4, 0.5) is 5.69 Å². The first kappa shape index (κ1) is 22.7. The van der Waals surface area contributed by atoms with Crippen LogP contribution in [0.1, 0.15) is 35.9 Å². The first-order valence-corrected chi connectivity index (χ1v) is 11.2. The fraction of sp³-hybridized carbons (Fsp3) is 0.263. The van der Waals surface area contributed by atoms with Crippen LogP contribution in [0.5, 0.6) is 0 Å². The summed E-state index contributed by atoms with van der Waals surface area (Å²) in [5, 5.41) is 16.1. The van der Waals surface area contributed by atoms with Gasteiger partial charge in [0.15, 0.2) is 0 Å². The van der Waals surface area contributed by atoms with Gasteiger partial charge in [0, 0.05) is 12.6 Å². The predicted molar refractivity (Wildman–Crippen MR) is 113 cm³/mol. The van der Waals surface area contributed by atoms with E-state index in [-0.39, 0.29) is 22.1 Å². The van der Waals surface area contributed by atoms with Gasteiger partial charge in [0.1, 0.15) is 17.5 Å². The number of nitrogens with two attached hydrogens (primary N) is 1. The molecule has 164 valence electrons. The lowest BCUT2D eigenvalue weighted by Gasteiger charge is -2.09. The summed E-state index contributed by atoms with van der Waals surface area (Å²) in [6, 6.07) is 7.98. The van der Waals surface area contributed by atoms with Gasteiger partial charge in [0.05, 0.1) is 26.4 Å². The summed E-state index contributed by atoms with van der Waals surface area (Å²) in [6.45, 7) is 2.39. The number of aryl methyl sites for hydroxylation is 1. The van der Waals surface area contributed by atoms with Crippen LogP contribution in [-0.4, -0.2) is 28.9 Å². The molecule has 2 aromatic carbocycles. The maximum atomic E-state index is 12.4. The van der Waals surface area contributed by atoms with Crippen LogP contribution in [0.3, 0.4) is 0 Å². The summed E-state index contributed by atoms with van der Waals surface area (Å²) in [4.78, 5) is 27.1. The van der Waals surface area contributed by atoms with Gasteiger partial charge in [0.25, 0.3) is 5.69 Å². The number of sulfonamides is 1. The second-order valence-corrected chi connectivity index (χ2v) is 8.70. The first-order valence-electron chi connectivity index (χ1n) is 9.25. The van der Waals surface area contributed by atoms with E-state index in [1.54, 1.807) is 6.07 Å². The second-order valence-electron chi connectivity index (χ2n) is 6.73. The molecular weight excluding hydrogens is 448 g/mol. The van der Waals surface area contributed by atoms with Crippen molar-refractivity contribution in [3.8, 4) is 0 Å². The minimum atomic E-state index is -3.89. The fourth-order valence-electron chi connectivity index (χ4n) is 3.01. The zero-order chi connectivity index (χ0) is 22.8. The summed E-state index contributed by atoms with van der Waals surface area (Å²) in [6.07, 6.45) is 1.73. The van der Waals surface area contributed by atoms with E-state index in [0.717, 1.165) is 18.9 Å². The van der Waals surface area contributed by atoms with Gasteiger partial charge < -0.3 is 9.30 Å². The number of rotatable bonds is 8. The average molecular weight is 467 g/mol. The minimum Gasteiger partial charge on any atom is -0.454 e. The number of nitro benzene ring substituents is 1. The Morgan fingerprint density at radius 3 is 2.68 bits per heavy atom. The molecule has 0 bridgehead atoms. The molecule has 0 fully saturated rings. The van der Waals surface area contributed by atoms with Crippen molar-refractivity contribution in [3.05, 3.63) is 62.9 Å². The number of nitrogens with zero attached hydrogens (tertiary/aromatic N) is 3. The van der Waals surface area contributed by atoms with Crippen molar-refractivity contribution >= 4 is 44.3 Å². The molecule has 31 heavy (non-hydrogen) atoms. The maximum absolute atomic E-state index is 12.4. The first-order chi connectivity index (χ1) is 14.6. The third-order valence-corrected chi connectivity index (χ3v) is 5.80. The van der Waals surface area contributed by atoms with Gasteiger partial charge in [-0.25, -0.2) is 23.3 Å². The molecule has 1 aromatic heterocycles. The normalized spacial score (nSPS) is 11.6. The second kappa shape index (κ2) is 9.00. The summed E-state index contributed by atoms with van der Waals surface area (Å²) in [7, 11) is -3.89. The number of hydrogen-bond donors (Lipinski definition) is 1. The van der Waals surface area contributed by atoms with E-state index in [9.17, 15) is 23.3 Å². The number of imidazole rings is 1. The van der Waals surface area contributed by atoms with Gasteiger partial charge in [-0.15, -0.1) is 0 Å². The molecule has 0 aliphatic carbocycles. The third kappa shape index (κ3) is 5.01. The number of hydrogen-bond acceptors (Lipinski definition) is 7. The van der Waals surface area contributed by atoms with Crippen LogP contribution >= 0.6 is 11.6 Å². The molecule has 2 N–H and O–H groups in total. The molecular formula is C19H19ClN4O6S. The molecule has 0 unspecified atom stereocenters. The van der Waals surface area contributed by atoms with Crippen molar-refractivity contribution < 1.29 is 22.9 Å². The van der Waals surface area contributed by atoms with E-state index in [0.29, 0.717) is 23.4 Å². The number of carbonyl (C=O) groups excluding carboxylic acids is 1. The molecule has 0 radical (unpaired) electrons. The van der Waals surface area contributed by atoms with Gasteiger partial charge >= 0.3 is 5.97 Å². The Bertz CT molecular complexity index is 1270. The molecule has 0 aliphatic rings. The zero-order valence-corrected chi connectivity index (χ0v) is 18.0. The number of benzene rings is 2. The molecule has 0 saturated heterocycles. The number of nitro groups is 1. The number of halogens is 1. The number of carbonyl (C=O) groups is 1. The predicted octanol–water partition coefficient (Wildman–Crippen LogP) is 3.40. The molecule has 3 aromatic rings. The molecule has 0 atom stereocenters. The summed E-state index contributed by atoms with van der Waals surface area (Å²) >= 11 is 5.77. The lowest BCUT2D eigenvalue weighted by atomic mass is 10.2. The number of ether oxygens (including phenoxy) is 1. The molecule has 0 aliphatic heterocycles. The van der Waals surface area contributed by atoms with Gasteiger partial charge in [-0.1, -0.05) is 24.9 Å². The Kier molecular flexibility index (Phi) is 6.58. The van der Waals surface area contributed by atoms with Gasteiger partial charge in [-0.2, -0.15) is 0 Å². The van der Waals surface area contributed by atoms with Crippen LogP contribution in [0.25, 0.3) is 11.0 Å². The highest BCUT2D eigenvalue weighted by Crippen LogP contribution is 2.26. The van der Waals surface area contributed by atoms with Crippen LogP contribution in [0.15, 0.2) is 41.3 Å². The Labute approximate surface area is 182 Å². The highest BCUT2D eigenvalue weighted by atomic mass is 35.5. The molecule has 1 heterocycles. The quantitative estimate of drug-likeness (QED) is 0.304. The zero-order valence-electron chi connectivity index (χ0n) is 16.4. The molecule has 10 nitrogen and oxygen atoms in total. The van der Waals surface area contributed by atoms with Crippen molar-refractivity contribution in [1.29, 1.82) is 0 Å². The van der Waals surface area contributed by atoms with E-state index >= 15 is 0 Å². The molecule has 3 rings (SSSR count). The van der Waals surface area contributed by atoms with Crippen molar-refractivity contribution in [1.82, 2.24) is 9.55 Å². The van der Waals surface area contributed by atoms with Crippen molar-refractivity contribution in [2.75, 3.05) is 0 Å². The molecule has 0 saturated carbocycles. The Morgan fingerprint density at radius 1 is 1.29 bits per heavy atom. The SMILES string of the molecule is CCCCn1c(COC(=O)c2ccc(Cl)c([N+](=O)[O-])c2)nc2cc(S(N)(=O)=O)ccc21. The highest BCUT2D eigenvalue weighted by Gasteiger charge is 2.19. The van der Waals surface area contributed by atoms with E-state index in [1.165, 1.54) is 24.3 Å². The van der Waals surface area contributed by atoms with Gasteiger partial charge in [-0.05, 0) is 36.8 Å². The lowest BCUT2D eigenvalue weighted by Crippen LogP contribution is -2.12. The van der Waals surface area contributed by atoms with Crippen molar-refractivity contribution in [2.24, 2.45) is 5.14 Å². The number of primary sulfonamides is 1. The maximum Gasteiger partial charge on any atom is 0.338 e. The number of aromatic nitrogens is 2. The van der Waals surface area contributed by atoms with E-state index in [1.807, 2.05) is 11.5 Å². The molecule has 0 spiro atoms. The van der Waals surface area contributed by atoms with Gasteiger partial charge in [-0.3, -0.25) is 10.1 Å². The smallest absolute Gasteiger partial charge is 0.338 e. The van der Waals surface area contributed by atoms with E-state index < -0.39 is 26.6 Å². The number of fused-ring (bicyclic) bond motifs is 1. The van der Waals surface area contributed by atoms with Crippen LogP contribution in [-0.2, 0) is 27.9 Å².